The molecule has 0 saturated heterocycles. The second-order valence-electron chi connectivity index (χ2n) is 3.48. The molecule has 2 rings (SSSR count). The minimum absolute atomic E-state index is 0.0321. The molecule has 0 aromatic carbocycles. The lowest BCUT2D eigenvalue weighted by Gasteiger charge is -2.09. The predicted octanol–water partition coefficient (Wildman–Crippen LogP) is 3.00. The number of aromatic nitrogens is 1. The van der Waals surface area contributed by atoms with Crippen molar-refractivity contribution in [2.24, 2.45) is 0 Å². The Morgan fingerprint density at radius 1 is 1.56 bits per heavy atom. The van der Waals surface area contributed by atoms with Gasteiger partial charge in [-0.25, -0.2) is 4.98 Å². The molecule has 0 bridgehead atoms. The fourth-order valence-corrected chi connectivity index (χ4v) is 2.71. The molecule has 2 aromatic heterocycles. The topological polar surface area (TPSA) is 42.0 Å². The van der Waals surface area contributed by atoms with Crippen LogP contribution in [0, 0.1) is 6.92 Å². The van der Waals surface area contributed by atoms with Crippen molar-refractivity contribution in [3.63, 3.8) is 0 Å². The van der Waals surface area contributed by atoms with E-state index in [1.807, 2.05) is 37.6 Å². The average molecular weight is 252 g/mol. The lowest BCUT2D eigenvalue weighted by atomic mass is 10.3. The molecule has 0 saturated carbocycles. The van der Waals surface area contributed by atoms with Gasteiger partial charge in [0.2, 0.25) is 0 Å². The Balaban J connectivity index is 2.03. The number of thiazole rings is 1. The second-order valence-corrected chi connectivity index (χ2v) is 5.70. The predicted molar refractivity (Wildman–Crippen MR) is 67.1 cm³/mol. The van der Waals surface area contributed by atoms with Gasteiger partial charge in [0, 0.05) is 11.1 Å². The van der Waals surface area contributed by atoms with E-state index in [0.29, 0.717) is 0 Å². The van der Waals surface area contributed by atoms with E-state index in [-0.39, 0.29) is 11.9 Å². The first kappa shape index (κ1) is 11.3. The maximum absolute atomic E-state index is 11.8. The summed E-state index contributed by atoms with van der Waals surface area (Å²) in [6.45, 7) is 3.96. The van der Waals surface area contributed by atoms with Gasteiger partial charge in [-0.05, 0) is 25.3 Å². The van der Waals surface area contributed by atoms with Gasteiger partial charge in [-0.2, -0.15) is 0 Å². The molecule has 3 nitrogen and oxygen atoms in total. The zero-order valence-electron chi connectivity index (χ0n) is 9.06. The van der Waals surface area contributed by atoms with Crippen LogP contribution in [0.3, 0.4) is 0 Å². The van der Waals surface area contributed by atoms with Crippen molar-refractivity contribution in [3.8, 4) is 0 Å². The Bertz CT molecular complexity index is 476. The number of nitrogens with zero attached hydrogens (tertiary/aromatic N) is 1. The first-order valence-corrected chi connectivity index (χ1v) is 6.63. The summed E-state index contributed by atoms with van der Waals surface area (Å²) in [5.74, 6) is -0.0321. The number of carbonyl (C=O) groups excluding carboxylic acids is 1. The Kier molecular flexibility index (Phi) is 3.36. The molecule has 0 aliphatic rings. The van der Waals surface area contributed by atoms with Crippen molar-refractivity contribution in [3.05, 3.63) is 38.5 Å². The normalized spacial score (nSPS) is 12.4. The summed E-state index contributed by atoms with van der Waals surface area (Å²) >= 11 is 3.06. The van der Waals surface area contributed by atoms with E-state index < -0.39 is 0 Å². The van der Waals surface area contributed by atoms with Crippen LogP contribution < -0.4 is 5.32 Å². The number of hydrogen-bond acceptors (Lipinski definition) is 4. The summed E-state index contributed by atoms with van der Waals surface area (Å²) < 4.78 is 0. The molecule has 16 heavy (non-hydrogen) atoms. The number of carbonyl (C=O) groups is 1. The Labute approximate surface area is 102 Å². The maximum atomic E-state index is 11.8. The summed E-state index contributed by atoms with van der Waals surface area (Å²) in [5.41, 5.74) is 0. The number of hydrogen-bond donors (Lipinski definition) is 1. The Morgan fingerprint density at radius 2 is 2.38 bits per heavy atom. The minimum Gasteiger partial charge on any atom is -0.342 e. The van der Waals surface area contributed by atoms with Crippen molar-refractivity contribution in [2.45, 2.75) is 19.9 Å². The van der Waals surface area contributed by atoms with E-state index in [1.54, 1.807) is 11.3 Å². The monoisotopic (exact) mass is 252 g/mol. The molecule has 84 valence electrons. The standard InChI is InChI=1S/C11H12N2OS2/c1-7-6-12-11(16-7)8(2)13-10(14)9-4-3-5-15-9/h3-6,8H,1-2H3,(H,13,14). The van der Waals surface area contributed by atoms with Crippen LogP contribution in [0.25, 0.3) is 0 Å². The van der Waals surface area contributed by atoms with Crippen molar-refractivity contribution in [1.29, 1.82) is 0 Å². The SMILES string of the molecule is Cc1cnc(C(C)NC(=O)c2cccs2)s1. The zero-order chi connectivity index (χ0) is 11.5. The van der Waals surface area contributed by atoms with Gasteiger partial charge in [-0.15, -0.1) is 22.7 Å². The minimum atomic E-state index is -0.0340. The van der Waals surface area contributed by atoms with Crippen molar-refractivity contribution in [1.82, 2.24) is 10.3 Å². The first-order chi connectivity index (χ1) is 7.66. The molecule has 0 fully saturated rings. The Morgan fingerprint density at radius 3 is 2.94 bits per heavy atom. The van der Waals surface area contributed by atoms with Gasteiger partial charge in [0.25, 0.3) is 5.91 Å². The smallest absolute Gasteiger partial charge is 0.261 e. The van der Waals surface area contributed by atoms with E-state index in [9.17, 15) is 4.79 Å². The number of amides is 1. The molecule has 1 amide bonds. The molecule has 2 aromatic rings. The van der Waals surface area contributed by atoms with Crippen LogP contribution >= 0.6 is 22.7 Å². The van der Waals surface area contributed by atoms with Gasteiger partial charge in [0.15, 0.2) is 0 Å². The van der Waals surface area contributed by atoms with Crippen LogP contribution in [-0.2, 0) is 0 Å². The summed E-state index contributed by atoms with van der Waals surface area (Å²) in [4.78, 5) is 17.9. The number of thiophene rings is 1. The summed E-state index contributed by atoms with van der Waals surface area (Å²) in [6.07, 6.45) is 1.83. The van der Waals surface area contributed by atoms with Crippen LogP contribution in [0.2, 0.25) is 0 Å². The molecule has 2 heterocycles. The lowest BCUT2D eigenvalue weighted by Crippen LogP contribution is -2.25. The van der Waals surface area contributed by atoms with E-state index in [2.05, 4.69) is 10.3 Å². The molecule has 0 radical (unpaired) electrons. The molecule has 0 spiro atoms. The maximum Gasteiger partial charge on any atom is 0.261 e. The first-order valence-electron chi connectivity index (χ1n) is 4.93. The number of nitrogens with one attached hydrogen (secondary N) is 1. The van der Waals surface area contributed by atoms with Gasteiger partial charge in [0.05, 0.1) is 10.9 Å². The van der Waals surface area contributed by atoms with E-state index in [4.69, 9.17) is 0 Å². The molecule has 5 heteroatoms. The lowest BCUT2D eigenvalue weighted by molar-refractivity contribution is 0.0944. The van der Waals surface area contributed by atoms with Gasteiger partial charge in [0.1, 0.15) is 5.01 Å². The van der Waals surface area contributed by atoms with Gasteiger partial charge in [-0.3, -0.25) is 4.79 Å². The second kappa shape index (κ2) is 4.76. The zero-order valence-corrected chi connectivity index (χ0v) is 10.7. The van der Waals surface area contributed by atoms with Crippen molar-refractivity contribution < 1.29 is 4.79 Å². The largest absolute Gasteiger partial charge is 0.342 e. The van der Waals surface area contributed by atoms with Crippen LogP contribution in [0.15, 0.2) is 23.7 Å². The molecule has 1 unspecified atom stereocenters. The fraction of sp³-hybridized carbons (Fsp3) is 0.273. The summed E-state index contributed by atoms with van der Waals surface area (Å²) in [7, 11) is 0. The molecular formula is C11H12N2OS2. The Hall–Kier alpha value is -1.20. The van der Waals surface area contributed by atoms with E-state index >= 15 is 0 Å². The molecule has 1 atom stereocenters. The van der Waals surface area contributed by atoms with Crippen LogP contribution in [0.5, 0.6) is 0 Å². The van der Waals surface area contributed by atoms with Gasteiger partial charge >= 0.3 is 0 Å². The van der Waals surface area contributed by atoms with E-state index in [1.165, 1.54) is 11.3 Å². The third-order valence-electron chi connectivity index (χ3n) is 2.10. The van der Waals surface area contributed by atoms with E-state index in [0.717, 1.165) is 14.8 Å². The quantitative estimate of drug-likeness (QED) is 0.912. The highest BCUT2D eigenvalue weighted by Gasteiger charge is 2.14. The van der Waals surface area contributed by atoms with Crippen LogP contribution in [0.4, 0.5) is 0 Å². The highest BCUT2D eigenvalue weighted by molar-refractivity contribution is 7.12. The summed E-state index contributed by atoms with van der Waals surface area (Å²) in [5, 5.41) is 5.77. The average Bonchev–Trinajstić information content (AvgIpc) is 2.87. The molecular weight excluding hydrogens is 240 g/mol. The van der Waals surface area contributed by atoms with Crippen molar-refractivity contribution >= 4 is 28.6 Å². The van der Waals surface area contributed by atoms with Gasteiger partial charge < -0.3 is 5.32 Å². The molecule has 0 aliphatic carbocycles. The molecule has 1 N–H and O–H groups in total. The highest BCUT2D eigenvalue weighted by atomic mass is 32.1. The number of aryl methyl sites for hydroxylation is 1. The number of rotatable bonds is 3. The third-order valence-corrected chi connectivity index (χ3v) is 4.07. The molecule has 0 aliphatic heterocycles. The third kappa shape index (κ3) is 2.48. The van der Waals surface area contributed by atoms with Gasteiger partial charge in [-0.1, -0.05) is 6.07 Å². The van der Waals surface area contributed by atoms with Crippen LogP contribution in [0.1, 0.15) is 32.5 Å². The summed E-state index contributed by atoms with van der Waals surface area (Å²) in [6, 6.07) is 3.66. The van der Waals surface area contributed by atoms with Crippen molar-refractivity contribution in [2.75, 3.05) is 0 Å². The fourth-order valence-electron chi connectivity index (χ4n) is 1.31. The highest BCUT2D eigenvalue weighted by Crippen LogP contribution is 2.19. The van der Waals surface area contributed by atoms with Crippen LogP contribution in [-0.4, -0.2) is 10.9 Å².